The molecule has 0 saturated heterocycles. The number of rotatable bonds is 5. The largest absolute Gasteiger partial charge is 0.367 e. The molecule has 1 aromatic rings. The molecule has 2 saturated carbocycles. The van der Waals surface area contributed by atoms with Crippen LogP contribution in [-0.4, -0.2) is 18.9 Å². The quantitative estimate of drug-likeness (QED) is 0.743. The van der Waals surface area contributed by atoms with Crippen molar-refractivity contribution in [2.24, 2.45) is 5.92 Å². The Labute approximate surface area is 107 Å². The molecule has 0 unspecified atom stereocenters. The number of nitrogens with zero attached hydrogens (tertiary/aromatic N) is 2. The van der Waals surface area contributed by atoms with Crippen LogP contribution < -0.4 is 4.90 Å². The Hall–Kier alpha value is -1.82. The minimum atomic E-state index is 0.581. The van der Waals surface area contributed by atoms with E-state index in [1.807, 2.05) is 12.1 Å². The van der Waals surface area contributed by atoms with Crippen molar-refractivity contribution in [1.29, 1.82) is 5.26 Å². The zero-order valence-electron chi connectivity index (χ0n) is 10.3. The van der Waals surface area contributed by atoms with Crippen LogP contribution in [0.4, 0.5) is 5.69 Å². The smallest absolute Gasteiger partial charge is 0.150 e. The van der Waals surface area contributed by atoms with Crippen LogP contribution in [0.5, 0.6) is 0 Å². The van der Waals surface area contributed by atoms with Crippen molar-refractivity contribution in [3.63, 3.8) is 0 Å². The van der Waals surface area contributed by atoms with Gasteiger partial charge in [-0.1, -0.05) is 0 Å². The van der Waals surface area contributed by atoms with Crippen LogP contribution in [0.2, 0.25) is 0 Å². The molecule has 2 fully saturated rings. The number of anilines is 1. The van der Waals surface area contributed by atoms with Crippen LogP contribution in [0.1, 0.15) is 41.6 Å². The monoisotopic (exact) mass is 240 g/mol. The van der Waals surface area contributed by atoms with Gasteiger partial charge in [0, 0.05) is 18.2 Å². The first-order valence-electron chi connectivity index (χ1n) is 6.58. The minimum Gasteiger partial charge on any atom is -0.367 e. The zero-order valence-corrected chi connectivity index (χ0v) is 10.3. The number of hydrogen-bond acceptors (Lipinski definition) is 3. The van der Waals surface area contributed by atoms with Gasteiger partial charge in [0.25, 0.3) is 0 Å². The van der Waals surface area contributed by atoms with Crippen molar-refractivity contribution in [2.45, 2.75) is 31.7 Å². The molecular formula is C15H16N2O. The van der Waals surface area contributed by atoms with Gasteiger partial charge in [-0.15, -0.1) is 0 Å². The van der Waals surface area contributed by atoms with E-state index in [2.05, 4.69) is 11.0 Å². The second-order valence-electron chi connectivity index (χ2n) is 5.33. The third kappa shape index (κ3) is 2.24. The third-order valence-corrected chi connectivity index (χ3v) is 3.73. The van der Waals surface area contributed by atoms with Gasteiger partial charge in [-0.05, 0) is 49.8 Å². The van der Waals surface area contributed by atoms with Crippen LogP contribution in [0, 0.1) is 17.2 Å². The first kappa shape index (κ1) is 11.3. The maximum atomic E-state index is 10.8. The number of hydrogen-bond donors (Lipinski definition) is 0. The van der Waals surface area contributed by atoms with Crippen LogP contribution in [-0.2, 0) is 0 Å². The van der Waals surface area contributed by atoms with Gasteiger partial charge in [0.05, 0.1) is 11.3 Å². The van der Waals surface area contributed by atoms with E-state index in [1.165, 1.54) is 25.7 Å². The second kappa shape index (κ2) is 4.45. The fourth-order valence-electron chi connectivity index (χ4n) is 2.38. The summed E-state index contributed by atoms with van der Waals surface area (Å²) in [7, 11) is 0. The van der Waals surface area contributed by atoms with E-state index in [9.17, 15) is 10.1 Å². The van der Waals surface area contributed by atoms with Gasteiger partial charge in [0.15, 0.2) is 0 Å². The van der Waals surface area contributed by atoms with E-state index in [0.29, 0.717) is 17.2 Å². The molecule has 0 bridgehead atoms. The summed E-state index contributed by atoms with van der Waals surface area (Å²) >= 11 is 0. The molecule has 0 N–H and O–H groups in total. The lowest BCUT2D eigenvalue weighted by atomic mass is 10.1. The number of aldehydes is 1. The number of benzene rings is 1. The van der Waals surface area contributed by atoms with Crippen LogP contribution in [0.15, 0.2) is 18.2 Å². The predicted molar refractivity (Wildman–Crippen MR) is 69.6 cm³/mol. The van der Waals surface area contributed by atoms with E-state index in [-0.39, 0.29) is 0 Å². The highest BCUT2D eigenvalue weighted by molar-refractivity contribution is 5.78. The summed E-state index contributed by atoms with van der Waals surface area (Å²) in [6.07, 6.45) is 5.89. The highest BCUT2D eigenvalue weighted by atomic mass is 16.1. The summed E-state index contributed by atoms with van der Waals surface area (Å²) < 4.78 is 0. The summed E-state index contributed by atoms with van der Waals surface area (Å²) in [6.45, 7) is 1.07. The molecule has 2 aliphatic carbocycles. The fraction of sp³-hybridized carbons (Fsp3) is 0.467. The van der Waals surface area contributed by atoms with Crippen molar-refractivity contribution in [3.8, 4) is 6.07 Å². The topological polar surface area (TPSA) is 44.1 Å². The average molecular weight is 240 g/mol. The summed E-state index contributed by atoms with van der Waals surface area (Å²) in [5.41, 5.74) is 2.22. The van der Waals surface area contributed by atoms with Crippen molar-refractivity contribution in [2.75, 3.05) is 11.4 Å². The molecule has 0 amide bonds. The Kier molecular flexibility index (Phi) is 2.79. The van der Waals surface area contributed by atoms with E-state index in [0.717, 1.165) is 24.4 Å². The second-order valence-corrected chi connectivity index (χ2v) is 5.33. The summed E-state index contributed by atoms with van der Waals surface area (Å²) in [5.74, 6) is 0.808. The number of nitriles is 1. The molecule has 0 atom stereocenters. The summed E-state index contributed by atoms with van der Waals surface area (Å²) in [6, 6.07) is 8.28. The molecule has 0 heterocycles. The van der Waals surface area contributed by atoms with E-state index in [1.54, 1.807) is 6.07 Å². The normalized spacial score (nSPS) is 18.2. The minimum absolute atomic E-state index is 0.581. The van der Waals surface area contributed by atoms with Gasteiger partial charge in [-0.2, -0.15) is 5.26 Å². The maximum absolute atomic E-state index is 10.8. The predicted octanol–water partition coefficient (Wildman–Crippen LogP) is 2.75. The van der Waals surface area contributed by atoms with Crippen molar-refractivity contribution in [3.05, 3.63) is 29.3 Å². The molecule has 0 spiro atoms. The van der Waals surface area contributed by atoms with E-state index >= 15 is 0 Å². The molecule has 0 radical (unpaired) electrons. The third-order valence-electron chi connectivity index (χ3n) is 3.73. The van der Waals surface area contributed by atoms with Crippen molar-refractivity contribution >= 4 is 12.0 Å². The van der Waals surface area contributed by atoms with Crippen LogP contribution in [0.25, 0.3) is 0 Å². The first-order valence-corrected chi connectivity index (χ1v) is 6.58. The summed E-state index contributed by atoms with van der Waals surface area (Å²) in [4.78, 5) is 13.1. The Balaban J connectivity index is 1.92. The molecule has 92 valence electrons. The lowest BCUT2D eigenvalue weighted by Gasteiger charge is -2.25. The SMILES string of the molecule is N#Cc1cc(C=O)ccc1N(CC1CC1)C1CC1. The zero-order chi connectivity index (χ0) is 12.5. The highest BCUT2D eigenvalue weighted by Crippen LogP contribution is 2.38. The fourth-order valence-corrected chi connectivity index (χ4v) is 2.38. The number of carbonyl (C=O) groups is 1. The summed E-state index contributed by atoms with van der Waals surface area (Å²) in [5, 5.41) is 9.25. The van der Waals surface area contributed by atoms with Gasteiger partial charge < -0.3 is 4.90 Å². The Bertz CT molecular complexity index is 510. The van der Waals surface area contributed by atoms with Crippen molar-refractivity contribution < 1.29 is 4.79 Å². The highest BCUT2D eigenvalue weighted by Gasteiger charge is 2.34. The standard InChI is InChI=1S/C15H16N2O/c16-8-13-7-12(10-18)3-6-15(13)17(14-4-5-14)9-11-1-2-11/h3,6-7,10-11,14H,1-2,4-5,9H2. The lowest BCUT2D eigenvalue weighted by Crippen LogP contribution is -2.28. The Morgan fingerprint density at radius 2 is 2.11 bits per heavy atom. The lowest BCUT2D eigenvalue weighted by molar-refractivity contribution is 0.112. The maximum Gasteiger partial charge on any atom is 0.150 e. The molecule has 1 aromatic carbocycles. The molecule has 0 aliphatic heterocycles. The van der Waals surface area contributed by atoms with Gasteiger partial charge in [-0.3, -0.25) is 4.79 Å². The van der Waals surface area contributed by atoms with Gasteiger partial charge in [0.2, 0.25) is 0 Å². The van der Waals surface area contributed by atoms with Gasteiger partial charge in [-0.25, -0.2) is 0 Å². The van der Waals surface area contributed by atoms with E-state index < -0.39 is 0 Å². The average Bonchev–Trinajstić information content (AvgIpc) is 3.28. The van der Waals surface area contributed by atoms with E-state index in [4.69, 9.17) is 0 Å². The molecular weight excluding hydrogens is 224 g/mol. The molecule has 18 heavy (non-hydrogen) atoms. The first-order chi connectivity index (χ1) is 8.81. The molecule has 2 aliphatic rings. The van der Waals surface area contributed by atoms with Crippen LogP contribution >= 0.6 is 0 Å². The molecule has 3 nitrogen and oxygen atoms in total. The Morgan fingerprint density at radius 3 is 2.67 bits per heavy atom. The van der Waals surface area contributed by atoms with Gasteiger partial charge >= 0.3 is 0 Å². The molecule has 3 heteroatoms. The molecule has 0 aromatic heterocycles. The van der Waals surface area contributed by atoms with Crippen LogP contribution in [0.3, 0.4) is 0 Å². The van der Waals surface area contributed by atoms with Crippen molar-refractivity contribution in [1.82, 2.24) is 0 Å². The number of carbonyl (C=O) groups excluding carboxylic acids is 1. The van der Waals surface area contributed by atoms with Gasteiger partial charge in [0.1, 0.15) is 12.4 Å². The molecule has 3 rings (SSSR count). The Morgan fingerprint density at radius 1 is 1.33 bits per heavy atom.